The first kappa shape index (κ1) is 16.1. The molecular weight excluding hydrogens is 314 g/mol. The van der Waals surface area contributed by atoms with Crippen LogP contribution in [0.25, 0.3) is 0 Å². The summed E-state index contributed by atoms with van der Waals surface area (Å²) in [5.74, 6) is 0.536. The Hall–Kier alpha value is -1.27. The molecule has 2 rings (SSSR count). The summed E-state index contributed by atoms with van der Waals surface area (Å²) in [7, 11) is 1.64. The van der Waals surface area contributed by atoms with Crippen LogP contribution in [0, 0.1) is 0 Å². The van der Waals surface area contributed by atoms with Gasteiger partial charge in [-0.05, 0) is 31.5 Å². The minimum absolute atomic E-state index is 0.0542. The van der Waals surface area contributed by atoms with E-state index in [1.165, 1.54) is 0 Å². The second-order valence-electron chi connectivity index (χ2n) is 5.03. The van der Waals surface area contributed by atoms with Crippen molar-refractivity contribution in [2.75, 3.05) is 13.2 Å². The highest BCUT2D eigenvalue weighted by molar-refractivity contribution is 8.14. The number of halogens is 1. The number of likely N-dealkylation sites (tertiary alicyclic amines) is 1. The van der Waals surface area contributed by atoms with Crippen LogP contribution >= 0.6 is 10.7 Å². The number of benzene rings is 1. The third-order valence-electron chi connectivity index (χ3n) is 3.64. The van der Waals surface area contributed by atoms with Gasteiger partial charge >= 0.3 is 0 Å². The van der Waals surface area contributed by atoms with Crippen molar-refractivity contribution in [1.82, 2.24) is 4.90 Å². The lowest BCUT2D eigenvalue weighted by Crippen LogP contribution is -2.30. The van der Waals surface area contributed by atoms with E-state index in [1.807, 2.05) is 38.1 Å². The Bertz CT molecular complexity index is 632. The van der Waals surface area contributed by atoms with Crippen LogP contribution in [0.5, 0.6) is 5.75 Å². The van der Waals surface area contributed by atoms with E-state index in [0.29, 0.717) is 6.61 Å². The molecule has 0 spiro atoms. The summed E-state index contributed by atoms with van der Waals surface area (Å²) in [5, 5.41) is -0.829. The van der Waals surface area contributed by atoms with E-state index < -0.39 is 14.3 Å². The van der Waals surface area contributed by atoms with Gasteiger partial charge in [-0.3, -0.25) is 4.79 Å². The van der Waals surface area contributed by atoms with Crippen LogP contribution in [-0.4, -0.2) is 37.6 Å². The molecule has 0 saturated carbocycles. The SMILES string of the molecule is CCOc1cccc(C(C)N2CC(S(=O)(=O)Cl)CC2=O)c1. The molecule has 1 aromatic carbocycles. The van der Waals surface area contributed by atoms with Gasteiger partial charge in [0, 0.05) is 23.6 Å². The lowest BCUT2D eigenvalue weighted by atomic mass is 10.1. The predicted octanol–water partition coefficient (Wildman–Crippen LogP) is 2.32. The van der Waals surface area contributed by atoms with E-state index in [1.54, 1.807) is 4.90 Å². The Kier molecular flexibility index (Phi) is 4.78. The fraction of sp³-hybridized carbons (Fsp3) is 0.500. The monoisotopic (exact) mass is 331 g/mol. The van der Waals surface area contributed by atoms with Gasteiger partial charge in [0.25, 0.3) is 0 Å². The molecule has 2 atom stereocenters. The largest absolute Gasteiger partial charge is 0.494 e. The Balaban J connectivity index is 2.18. The molecule has 0 radical (unpaired) electrons. The van der Waals surface area contributed by atoms with Crippen molar-refractivity contribution in [3.63, 3.8) is 0 Å². The van der Waals surface area contributed by atoms with Crippen LogP contribution in [0.15, 0.2) is 24.3 Å². The van der Waals surface area contributed by atoms with Gasteiger partial charge < -0.3 is 9.64 Å². The summed E-state index contributed by atoms with van der Waals surface area (Å²) in [6, 6.07) is 7.24. The van der Waals surface area contributed by atoms with Gasteiger partial charge in [-0.25, -0.2) is 8.42 Å². The molecule has 7 heteroatoms. The third-order valence-corrected chi connectivity index (χ3v) is 5.51. The Morgan fingerprint density at radius 1 is 1.48 bits per heavy atom. The second kappa shape index (κ2) is 6.23. The third kappa shape index (κ3) is 3.68. The molecule has 116 valence electrons. The lowest BCUT2D eigenvalue weighted by molar-refractivity contribution is -0.129. The van der Waals surface area contributed by atoms with E-state index in [0.717, 1.165) is 11.3 Å². The maximum atomic E-state index is 12.0. The number of hydrogen-bond donors (Lipinski definition) is 0. The van der Waals surface area contributed by atoms with Crippen LogP contribution < -0.4 is 4.74 Å². The van der Waals surface area contributed by atoms with Crippen molar-refractivity contribution in [2.45, 2.75) is 31.6 Å². The summed E-state index contributed by atoms with van der Waals surface area (Å²) >= 11 is 0. The molecule has 5 nitrogen and oxygen atoms in total. The van der Waals surface area contributed by atoms with Gasteiger partial charge in [0.15, 0.2) is 0 Å². The quantitative estimate of drug-likeness (QED) is 0.777. The normalized spacial score (nSPS) is 20.6. The molecule has 1 heterocycles. The minimum Gasteiger partial charge on any atom is -0.494 e. The van der Waals surface area contributed by atoms with Gasteiger partial charge in [-0.1, -0.05) is 12.1 Å². The maximum Gasteiger partial charge on any atom is 0.237 e. The van der Waals surface area contributed by atoms with Gasteiger partial charge in [-0.15, -0.1) is 0 Å². The topological polar surface area (TPSA) is 63.7 Å². The molecule has 21 heavy (non-hydrogen) atoms. The average molecular weight is 332 g/mol. The van der Waals surface area contributed by atoms with Gasteiger partial charge in [0.2, 0.25) is 15.0 Å². The lowest BCUT2D eigenvalue weighted by Gasteiger charge is -2.25. The summed E-state index contributed by atoms with van der Waals surface area (Å²) in [5.41, 5.74) is 0.905. The molecule has 0 aliphatic carbocycles. The van der Waals surface area contributed by atoms with Crippen molar-refractivity contribution < 1.29 is 17.9 Å². The van der Waals surface area contributed by atoms with Crippen LogP contribution in [-0.2, 0) is 13.8 Å². The van der Waals surface area contributed by atoms with E-state index in [4.69, 9.17) is 15.4 Å². The molecule has 1 saturated heterocycles. The minimum atomic E-state index is -3.72. The number of rotatable bonds is 5. The van der Waals surface area contributed by atoms with Crippen LogP contribution in [0.4, 0.5) is 0 Å². The van der Waals surface area contributed by atoms with Gasteiger partial charge in [0.05, 0.1) is 12.6 Å². The van der Waals surface area contributed by atoms with Crippen molar-refractivity contribution >= 4 is 25.6 Å². The van der Waals surface area contributed by atoms with Crippen LogP contribution in [0.3, 0.4) is 0 Å². The average Bonchev–Trinajstić information content (AvgIpc) is 2.81. The summed E-state index contributed by atoms with van der Waals surface area (Å²) < 4.78 is 28.2. The fourth-order valence-electron chi connectivity index (χ4n) is 2.47. The fourth-order valence-corrected chi connectivity index (χ4v) is 3.51. The standard InChI is InChI=1S/C14H18ClNO4S/c1-3-20-12-6-4-5-11(7-12)10(2)16-9-13(8-14(16)17)21(15,18)19/h4-7,10,13H,3,8-9H2,1-2H3. The van der Waals surface area contributed by atoms with E-state index >= 15 is 0 Å². The summed E-state index contributed by atoms with van der Waals surface area (Å²) in [4.78, 5) is 13.6. The van der Waals surface area contributed by atoms with Crippen molar-refractivity contribution in [3.05, 3.63) is 29.8 Å². The van der Waals surface area contributed by atoms with Crippen molar-refractivity contribution in [3.8, 4) is 5.75 Å². The molecule has 1 aliphatic rings. The number of carbonyl (C=O) groups excluding carboxylic acids is 1. The Labute approximate surface area is 129 Å². The maximum absolute atomic E-state index is 12.0. The number of ether oxygens (including phenoxy) is 1. The zero-order valence-corrected chi connectivity index (χ0v) is 13.5. The highest BCUT2D eigenvalue weighted by atomic mass is 35.7. The first-order valence-electron chi connectivity index (χ1n) is 6.78. The molecule has 0 N–H and O–H groups in total. The number of amides is 1. The molecule has 2 unspecified atom stereocenters. The van der Waals surface area contributed by atoms with Crippen molar-refractivity contribution in [1.29, 1.82) is 0 Å². The van der Waals surface area contributed by atoms with Crippen LogP contribution in [0.1, 0.15) is 31.9 Å². The van der Waals surface area contributed by atoms with Crippen LogP contribution in [0.2, 0.25) is 0 Å². The highest BCUT2D eigenvalue weighted by Gasteiger charge is 2.39. The first-order valence-corrected chi connectivity index (χ1v) is 9.16. The second-order valence-corrected chi connectivity index (χ2v) is 7.94. The number of carbonyl (C=O) groups is 1. The molecular formula is C14H18ClNO4S. The molecule has 1 aromatic rings. The molecule has 1 aliphatic heterocycles. The van der Waals surface area contributed by atoms with E-state index in [2.05, 4.69) is 0 Å². The first-order chi connectivity index (χ1) is 9.82. The number of nitrogens with zero attached hydrogens (tertiary/aromatic N) is 1. The predicted molar refractivity (Wildman–Crippen MR) is 80.9 cm³/mol. The van der Waals surface area contributed by atoms with E-state index in [-0.39, 0.29) is 24.9 Å². The molecule has 1 fully saturated rings. The smallest absolute Gasteiger partial charge is 0.237 e. The Morgan fingerprint density at radius 3 is 2.76 bits per heavy atom. The molecule has 1 amide bonds. The van der Waals surface area contributed by atoms with Crippen molar-refractivity contribution in [2.24, 2.45) is 0 Å². The Morgan fingerprint density at radius 2 is 2.19 bits per heavy atom. The van der Waals surface area contributed by atoms with Gasteiger partial charge in [0.1, 0.15) is 11.0 Å². The summed E-state index contributed by atoms with van der Waals surface area (Å²) in [6.07, 6.45) is -0.0542. The zero-order chi connectivity index (χ0) is 15.6. The highest BCUT2D eigenvalue weighted by Crippen LogP contribution is 2.30. The number of hydrogen-bond acceptors (Lipinski definition) is 4. The zero-order valence-electron chi connectivity index (χ0n) is 12.0. The summed E-state index contributed by atoms with van der Waals surface area (Å²) in [6.45, 7) is 4.46. The van der Waals surface area contributed by atoms with E-state index in [9.17, 15) is 13.2 Å². The van der Waals surface area contributed by atoms with Gasteiger partial charge in [-0.2, -0.15) is 0 Å². The molecule has 0 aromatic heterocycles. The molecule has 0 bridgehead atoms.